The number of nitrogens with zero attached hydrogens (tertiary/aromatic N) is 2. The molecule has 0 aliphatic rings. The zero-order valence-electron chi connectivity index (χ0n) is 29.8. The Balaban J connectivity index is 1.54. The Kier molecular flexibility index (Phi) is 14.1. The number of carbonyl (C=O) groups is 4. The van der Waals surface area contributed by atoms with Gasteiger partial charge in [-0.2, -0.15) is 0 Å². The number of hydrogen-bond donors (Lipinski definition) is 9. The molecule has 53 heavy (non-hydrogen) atoms. The molecule has 0 bridgehead atoms. The molecule has 4 aromatic rings. The van der Waals surface area contributed by atoms with Gasteiger partial charge in [-0.1, -0.05) is 54.6 Å². The zero-order valence-corrected chi connectivity index (χ0v) is 29.8. The van der Waals surface area contributed by atoms with Gasteiger partial charge in [0.25, 0.3) is 0 Å². The summed E-state index contributed by atoms with van der Waals surface area (Å²) in [7, 11) is 0. The lowest BCUT2D eigenvalue weighted by Crippen LogP contribution is -2.58. The van der Waals surface area contributed by atoms with Crippen LogP contribution in [0.3, 0.4) is 0 Å². The number of benzene rings is 3. The van der Waals surface area contributed by atoms with Crippen molar-refractivity contribution in [2.24, 2.45) is 27.9 Å². The minimum atomic E-state index is -1.21. The molecule has 0 saturated carbocycles. The molecule has 0 aliphatic heterocycles. The van der Waals surface area contributed by atoms with Gasteiger partial charge in [0, 0.05) is 37.7 Å². The number of amides is 4. The van der Waals surface area contributed by atoms with Crippen molar-refractivity contribution in [1.82, 2.24) is 25.9 Å². The van der Waals surface area contributed by atoms with Crippen molar-refractivity contribution in [3.05, 3.63) is 107 Å². The zero-order chi connectivity index (χ0) is 38.5. The van der Waals surface area contributed by atoms with Gasteiger partial charge in [0.2, 0.25) is 23.6 Å². The highest BCUT2D eigenvalue weighted by Gasteiger charge is 2.31. The van der Waals surface area contributed by atoms with Gasteiger partial charge in [-0.25, -0.2) is 4.98 Å². The first kappa shape index (κ1) is 39.6. The molecule has 1 heterocycles. The fourth-order valence-corrected chi connectivity index (χ4v) is 5.93. The Morgan fingerprint density at radius 2 is 1.38 bits per heavy atom. The van der Waals surface area contributed by atoms with Gasteiger partial charge in [0.05, 0.1) is 12.4 Å². The molecule has 0 aliphatic carbocycles. The summed E-state index contributed by atoms with van der Waals surface area (Å²) in [5.74, 6) is -2.71. The van der Waals surface area contributed by atoms with Crippen molar-refractivity contribution in [1.29, 1.82) is 0 Å². The Morgan fingerprint density at radius 1 is 0.792 bits per heavy atom. The van der Waals surface area contributed by atoms with E-state index in [4.69, 9.17) is 22.9 Å². The van der Waals surface area contributed by atoms with Crippen molar-refractivity contribution in [3.63, 3.8) is 0 Å². The fraction of sp³-hybridized carbons (Fsp3) is 0.316. The average Bonchev–Trinajstić information content (AvgIpc) is 3.64. The van der Waals surface area contributed by atoms with E-state index in [1.54, 1.807) is 26.0 Å². The summed E-state index contributed by atoms with van der Waals surface area (Å²) in [6.45, 7) is 3.83. The van der Waals surface area contributed by atoms with Gasteiger partial charge < -0.3 is 49.0 Å². The monoisotopic (exact) mass is 724 g/mol. The van der Waals surface area contributed by atoms with E-state index < -0.39 is 47.8 Å². The number of aromatic nitrogens is 2. The number of aromatic hydroxyl groups is 1. The summed E-state index contributed by atoms with van der Waals surface area (Å²) in [6, 6.07) is 16.0. The average molecular weight is 725 g/mol. The number of guanidine groups is 1. The summed E-state index contributed by atoms with van der Waals surface area (Å²) in [6.07, 6.45) is 3.73. The third-order valence-electron chi connectivity index (χ3n) is 8.80. The third kappa shape index (κ3) is 11.9. The fourth-order valence-electron chi connectivity index (χ4n) is 5.93. The smallest absolute Gasteiger partial charge is 0.243 e. The maximum Gasteiger partial charge on any atom is 0.243 e. The predicted octanol–water partition coefficient (Wildman–Crippen LogP) is 0.748. The SMILES string of the molecule is Cc1cc(O)cc(C)c1C[C@H](NC(=O)[C@H](N)CCCN=C(N)N)C(=O)N[C@@H](Cc1cnc[nH]1)C(=O)N[C@@H](Cc1ccc(-c2ccccc2)cc1)C(N)=O. The number of aliphatic imine (C=N–C) groups is 1. The van der Waals surface area contributed by atoms with Crippen LogP contribution in [-0.2, 0) is 38.4 Å². The molecule has 4 rings (SSSR count). The second kappa shape index (κ2) is 18.9. The highest BCUT2D eigenvalue weighted by molar-refractivity contribution is 5.95. The number of nitrogens with two attached hydrogens (primary N) is 4. The maximum atomic E-state index is 14.1. The van der Waals surface area contributed by atoms with Crippen molar-refractivity contribution < 1.29 is 24.3 Å². The Bertz CT molecular complexity index is 1850. The van der Waals surface area contributed by atoms with Crippen molar-refractivity contribution in [2.75, 3.05) is 6.54 Å². The minimum absolute atomic E-state index is 0.0168. The summed E-state index contributed by atoms with van der Waals surface area (Å²) in [4.78, 5) is 64.7. The number of phenolic OH excluding ortho intramolecular Hbond substituents is 1. The molecule has 15 heteroatoms. The van der Waals surface area contributed by atoms with Crippen LogP contribution in [0.2, 0.25) is 0 Å². The quantitative estimate of drug-likeness (QED) is 0.0397. The number of aryl methyl sites for hydroxylation is 2. The number of imidazole rings is 1. The molecule has 0 unspecified atom stereocenters. The molecule has 280 valence electrons. The van der Waals surface area contributed by atoms with E-state index in [1.165, 1.54) is 12.5 Å². The molecular weight excluding hydrogens is 676 g/mol. The molecule has 1 aromatic heterocycles. The molecule has 0 saturated heterocycles. The van der Waals surface area contributed by atoms with E-state index in [0.29, 0.717) is 28.8 Å². The van der Waals surface area contributed by atoms with Gasteiger partial charge in [-0.3, -0.25) is 24.2 Å². The van der Waals surface area contributed by atoms with Crippen LogP contribution in [0.4, 0.5) is 0 Å². The first-order chi connectivity index (χ1) is 25.3. The van der Waals surface area contributed by atoms with Crippen LogP contribution in [-0.4, -0.2) is 75.4 Å². The van der Waals surface area contributed by atoms with E-state index >= 15 is 0 Å². The summed E-state index contributed by atoms with van der Waals surface area (Å²) < 4.78 is 0. The maximum absolute atomic E-state index is 14.1. The number of hydrogen-bond acceptors (Lipinski definition) is 8. The molecule has 0 radical (unpaired) electrons. The van der Waals surface area contributed by atoms with Gasteiger partial charge in [0.1, 0.15) is 23.9 Å². The number of primary amides is 1. The second-order valence-corrected chi connectivity index (χ2v) is 13.0. The van der Waals surface area contributed by atoms with E-state index in [9.17, 15) is 24.3 Å². The Hall–Kier alpha value is -6.22. The van der Waals surface area contributed by atoms with Crippen LogP contribution < -0.4 is 38.9 Å². The van der Waals surface area contributed by atoms with Gasteiger partial charge in [0.15, 0.2) is 5.96 Å². The molecule has 0 spiro atoms. The van der Waals surface area contributed by atoms with Crippen LogP contribution in [0, 0.1) is 13.8 Å². The van der Waals surface area contributed by atoms with Gasteiger partial charge in [-0.05, 0) is 72.2 Å². The topological polar surface area (TPSA) is 270 Å². The lowest BCUT2D eigenvalue weighted by molar-refractivity contribution is -0.133. The number of aromatic amines is 1. The van der Waals surface area contributed by atoms with Crippen LogP contribution in [0.15, 0.2) is 84.2 Å². The summed E-state index contributed by atoms with van der Waals surface area (Å²) in [5.41, 5.74) is 28.1. The number of H-pyrrole nitrogens is 1. The van der Waals surface area contributed by atoms with Crippen LogP contribution in [0.25, 0.3) is 11.1 Å². The van der Waals surface area contributed by atoms with Crippen LogP contribution in [0.5, 0.6) is 5.75 Å². The largest absolute Gasteiger partial charge is 0.508 e. The molecular formula is C38H48N10O5. The lowest BCUT2D eigenvalue weighted by Gasteiger charge is -2.26. The van der Waals surface area contributed by atoms with Crippen molar-refractivity contribution >= 4 is 29.6 Å². The van der Waals surface area contributed by atoms with Crippen LogP contribution >= 0.6 is 0 Å². The molecule has 4 atom stereocenters. The summed E-state index contributed by atoms with van der Waals surface area (Å²) in [5, 5.41) is 18.3. The van der Waals surface area contributed by atoms with Crippen molar-refractivity contribution in [3.8, 4) is 16.9 Å². The standard InChI is InChI=1S/C38H48N10O5/c1-22-15-28(49)16-23(2)29(22)19-33(47-35(51)30(39)9-6-14-44-38(41)42)37(53)48-32(18-27-20-43-21-45-27)36(52)46-31(34(40)50)17-24-10-12-26(13-11-24)25-7-4-3-5-8-25/h3-5,7-8,10-13,15-16,20-21,30-33,49H,6,9,14,17-19,39H2,1-2H3,(H2,40,50)(H,43,45)(H,46,52)(H,47,51)(H,48,53)(H4,41,42,44)/t30-,31+,32+,33+/m1/s1. The number of rotatable bonds is 18. The Morgan fingerprint density at radius 3 is 1.96 bits per heavy atom. The van der Waals surface area contributed by atoms with Crippen molar-refractivity contribution in [2.45, 2.75) is 70.1 Å². The van der Waals surface area contributed by atoms with E-state index in [-0.39, 0.29) is 43.9 Å². The van der Waals surface area contributed by atoms with Gasteiger partial charge in [-0.15, -0.1) is 0 Å². The highest BCUT2D eigenvalue weighted by atomic mass is 16.3. The minimum Gasteiger partial charge on any atom is -0.508 e. The molecule has 15 nitrogen and oxygen atoms in total. The number of nitrogens with one attached hydrogen (secondary N) is 4. The van der Waals surface area contributed by atoms with E-state index in [0.717, 1.165) is 16.7 Å². The molecule has 4 amide bonds. The predicted molar refractivity (Wildman–Crippen MR) is 202 cm³/mol. The normalized spacial score (nSPS) is 13.2. The first-order valence-electron chi connectivity index (χ1n) is 17.2. The summed E-state index contributed by atoms with van der Waals surface area (Å²) >= 11 is 0. The van der Waals surface area contributed by atoms with E-state index in [2.05, 4.69) is 30.9 Å². The highest BCUT2D eigenvalue weighted by Crippen LogP contribution is 2.23. The molecule has 0 fully saturated rings. The molecule has 13 N–H and O–H groups in total. The number of carbonyl (C=O) groups excluding carboxylic acids is 4. The lowest BCUT2D eigenvalue weighted by atomic mass is 9.95. The first-order valence-corrected chi connectivity index (χ1v) is 17.2. The Labute approximate surface area is 308 Å². The third-order valence-corrected chi connectivity index (χ3v) is 8.80. The van der Waals surface area contributed by atoms with E-state index in [1.807, 2.05) is 54.6 Å². The molecule has 3 aromatic carbocycles. The van der Waals surface area contributed by atoms with Gasteiger partial charge >= 0.3 is 0 Å². The second-order valence-electron chi connectivity index (χ2n) is 13.0. The number of phenols is 1. The van der Waals surface area contributed by atoms with Crippen LogP contribution in [0.1, 0.15) is 40.8 Å².